The van der Waals surface area contributed by atoms with E-state index in [0.29, 0.717) is 42.0 Å². The maximum atomic E-state index is 13.0. The van der Waals surface area contributed by atoms with Crippen molar-refractivity contribution in [2.24, 2.45) is 0 Å². The fourth-order valence-electron chi connectivity index (χ4n) is 3.12. The Morgan fingerprint density at radius 1 is 1.33 bits per heavy atom. The largest absolute Gasteiger partial charge is 0.392 e. The molecule has 1 N–H and O–H groups in total. The molecule has 0 aromatic carbocycles. The summed E-state index contributed by atoms with van der Waals surface area (Å²) in [4.78, 5) is 21.3. The van der Waals surface area contributed by atoms with E-state index in [2.05, 4.69) is 15.0 Å². The van der Waals surface area contributed by atoms with Crippen molar-refractivity contribution in [3.63, 3.8) is 0 Å². The van der Waals surface area contributed by atoms with Gasteiger partial charge in [-0.25, -0.2) is 4.98 Å². The first-order chi connectivity index (χ1) is 11.5. The minimum atomic E-state index is -0.297. The maximum absolute atomic E-state index is 13.0. The molecule has 2 aromatic rings. The molecule has 1 atom stereocenters. The van der Waals surface area contributed by atoms with Gasteiger partial charge in [-0.3, -0.25) is 9.69 Å². The minimum Gasteiger partial charge on any atom is -0.392 e. The fraction of sp³-hybridized carbons (Fsp3) is 0.588. The van der Waals surface area contributed by atoms with Gasteiger partial charge in [0, 0.05) is 38.4 Å². The smallest absolute Gasteiger partial charge is 0.258 e. The van der Waals surface area contributed by atoms with E-state index >= 15 is 0 Å². The second-order valence-corrected chi connectivity index (χ2v) is 6.41. The molecule has 7 nitrogen and oxygen atoms in total. The number of aliphatic hydroxyl groups excluding tert-OH is 1. The third kappa shape index (κ3) is 3.27. The van der Waals surface area contributed by atoms with Crippen molar-refractivity contribution in [2.75, 3.05) is 32.7 Å². The van der Waals surface area contributed by atoms with Crippen LogP contribution in [-0.2, 0) is 0 Å². The van der Waals surface area contributed by atoms with Crippen LogP contribution in [0.4, 0.5) is 0 Å². The van der Waals surface area contributed by atoms with Gasteiger partial charge in [-0.05, 0) is 26.3 Å². The summed E-state index contributed by atoms with van der Waals surface area (Å²) >= 11 is 0. The number of aliphatic hydroxyl groups is 1. The van der Waals surface area contributed by atoms with Crippen LogP contribution >= 0.6 is 0 Å². The van der Waals surface area contributed by atoms with Crippen LogP contribution in [0.15, 0.2) is 10.6 Å². The number of amides is 1. The SMILES string of the molecule is CC[C@@H](O)CN1CCN(C(=O)c2cc(C)nc3onc(C)c23)CC1. The molecular formula is C17H24N4O3. The highest BCUT2D eigenvalue weighted by molar-refractivity contribution is 6.06. The van der Waals surface area contributed by atoms with E-state index in [0.717, 1.165) is 25.2 Å². The lowest BCUT2D eigenvalue weighted by molar-refractivity contribution is 0.0525. The summed E-state index contributed by atoms with van der Waals surface area (Å²) in [6.07, 6.45) is 0.453. The molecule has 0 spiro atoms. The second-order valence-electron chi connectivity index (χ2n) is 6.41. The predicted molar refractivity (Wildman–Crippen MR) is 89.9 cm³/mol. The van der Waals surface area contributed by atoms with E-state index in [-0.39, 0.29) is 12.0 Å². The third-order valence-electron chi connectivity index (χ3n) is 4.58. The van der Waals surface area contributed by atoms with Gasteiger partial charge in [0.1, 0.15) is 0 Å². The molecule has 1 amide bonds. The molecule has 7 heteroatoms. The number of aryl methyl sites for hydroxylation is 2. The predicted octanol–water partition coefficient (Wildman–Crippen LogP) is 1.37. The van der Waals surface area contributed by atoms with Gasteiger partial charge in [0.05, 0.1) is 22.7 Å². The molecule has 130 valence electrons. The summed E-state index contributed by atoms with van der Waals surface area (Å²) < 4.78 is 5.21. The number of fused-ring (bicyclic) bond motifs is 1. The molecule has 1 fully saturated rings. The number of aromatic nitrogens is 2. The third-order valence-corrected chi connectivity index (χ3v) is 4.58. The zero-order chi connectivity index (χ0) is 17.3. The van der Waals surface area contributed by atoms with E-state index in [4.69, 9.17) is 4.52 Å². The van der Waals surface area contributed by atoms with Crippen molar-refractivity contribution in [1.82, 2.24) is 19.9 Å². The van der Waals surface area contributed by atoms with Gasteiger partial charge in [0.2, 0.25) is 0 Å². The quantitative estimate of drug-likeness (QED) is 0.910. The first kappa shape index (κ1) is 16.9. The van der Waals surface area contributed by atoms with Crippen molar-refractivity contribution in [3.05, 3.63) is 23.0 Å². The Hall–Kier alpha value is -1.99. The lowest BCUT2D eigenvalue weighted by Gasteiger charge is -2.35. The molecule has 3 rings (SSSR count). The summed E-state index contributed by atoms with van der Waals surface area (Å²) in [5.74, 6) is -0.00695. The first-order valence-electron chi connectivity index (χ1n) is 8.43. The van der Waals surface area contributed by atoms with Gasteiger partial charge in [0.25, 0.3) is 11.6 Å². The van der Waals surface area contributed by atoms with Gasteiger partial charge in [0.15, 0.2) is 0 Å². The summed E-state index contributed by atoms with van der Waals surface area (Å²) in [6, 6.07) is 1.81. The zero-order valence-corrected chi connectivity index (χ0v) is 14.4. The Kier molecular flexibility index (Phi) is 4.82. The van der Waals surface area contributed by atoms with Gasteiger partial charge in [-0.1, -0.05) is 12.1 Å². The van der Waals surface area contributed by atoms with Crippen molar-refractivity contribution in [2.45, 2.75) is 33.3 Å². The number of carbonyl (C=O) groups excluding carboxylic acids is 1. The fourth-order valence-corrected chi connectivity index (χ4v) is 3.12. The molecule has 0 unspecified atom stereocenters. The zero-order valence-electron chi connectivity index (χ0n) is 14.4. The standard InChI is InChI=1S/C17H24N4O3/c1-4-13(22)10-20-5-7-21(8-6-20)17(23)14-9-11(2)18-16-15(14)12(3)19-24-16/h9,13,22H,4-8,10H2,1-3H3/t13-/m1/s1. The van der Waals surface area contributed by atoms with Crippen LogP contribution in [0.5, 0.6) is 0 Å². The molecule has 0 radical (unpaired) electrons. The van der Waals surface area contributed by atoms with E-state index in [9.17, 15) is 9.90 Å². The summed E-state index contributed by atoms with van der Waals surface area (Å²) in [7, 11) is 0. The Bertz CT molecular complexity index is 735. The van der Waals surface area contributed by atoms with Crippen LogP contribution in [-0.4, -0.2) is 69.8 Å². The van der Waals surface area contributed by atoms with Gasteiger partial charge >= 0.3 is 0 Å². The highest BCUT2D eigenvalue weighted by atomic mass is 16.5. The number of nitrogens with zero attached hydrogens (tertiary/aromatic N) is 4. The van der Waals surface area contributed by atoms with Gasteiger partial charge < -0.3 is 14.5 Å². The average Bonchev–Trinajstić information content (AvgIpc) is 2.95. The number of pyridine rings is 1. The van der Waals surface area contributed by atoms with E-state index in [1.54, 1.807) is 0 Å². The summed E-state index contributed by atoms with van der Waals surface area (Å²) in [5, 5.41) is 14.4. The summed E-state index contributed by atoms with van der Waals surface area (Å²) in [6.45, 7) is 9.18. The Balaban J connectivity index is 1.75. The van der Waals surface area contributed by atoms with Crippen molar-refractivity contribution < 1.29 is 14.4 Å². The Labute approximate surface area is 141 Å². The molecule has 1 saturated heterocycles. The molecule has 0 aliphatic carbocycles. The lowest BCUT2D eigenvalue weighted by atomic mass is 10.1. The second kappa shape index (κ2) is 6.86. The van der Waals surface area contributed by atoms with E-state index in [1.165, 1.54) is 0 Å². The minimum absolute atomic E-state index is 0.00695. The number of hydrogen-bond donors (Lipinski definition) is 1. The monoisotopic (exact) mass is 332 g/mol. The highest BCUT2D eigenvalue weighted by Crippen LogP contribution is 2.23. The maximum Gasteiger partial charge on any atom is 0.258 e. The molecule has 1 aliphatic rings. The molecule has 0 bridgehead atoms. The number of β-amino-alcohol motifs (C(OH)–C–C–N with tert-alkyl or cyclic N) is 1. The molecule has 1 aliphatic heterocycles. The topological polar surface area (TPSA) is 82.7 Å². The van der Waals surface area contributed by atoms with Gasteiger partial charge in [-0.2, -0.15) is 0 Å². The van der Waals surface area contributed by atoms with E-state index < -0.39 is 0 Å². The lowest BCUT2D eigenvalue weighted by Crippen LogP contribution is -2.50. The number of piperazine rings is 1. The average molecular weight is 332 g/mol. The van der Waals surface area contributed by atoms with Crippen LogP contribution < -0.4 is 0 Å². The number of hydrogen-bond acceptors (Lipinski definition) is 6. The molecule has 0 saturated carbocycles. The Morgan fingerprint density at radius 2 is 2.04 bits per heavy atom. The molecule has 2 aromatic heterocycles. The normalized spacial score (nSPS) is 17.4. The van der Waals surface area contributed by atoms with Crippen molar-refractivity contribution in [1.29, 1.82) is 0 Å². The van der Waals surface area contributed by atoms with Crippen LogP contribution in [0.3, 0.4) is 0 Å². The molecule has 24 heavy (non-hydrogen) atoms. The van der Waals surface area contributed by atoms with E-state index in [1.807, 2.05) is 31.7 Å². The number of rotatable bonds is 4. The van der Waals surface area contributed by atoms with Crippen molar-refractivity contribution in [3.8, 4) is 0 Å². The highest BCUT2D eigenvalue weighted by Gasteiger charge is 2.26. The summed E-state index contributed by atoms with van der Waals surface area (Å²) in [5.41, 5.74) is 2.45. The molecule has 3 heterocycles. The van der Waals surface area contributed by atoms with Gasteiger partial charge in [-0.15, -0.1) is 0 Å². The number of carbonyl (C=O) groups is 1. The van der Waals surface area contributed by atoms with Crippen molar-refractivity contribution >= 4 is 17.0 Å². The Morgan fingerprint density at radius 3 is 2.71 bits per heavy atom. The molecular weight excluding hydrogens is 308 g/mol. The van der Waals surface area contributed by atoms with Crippen LogP contribution in [0.2, 0.25) is 0 Å². The van der Waals surface area contributed by atoms with Crippen LogP contribution in [0, 0.1) is 13.8 Å². The van der Waals surface area contributed by atoms with Crippen LogP contribution in [0.1, 0.15) is 35.1 Å². The van der Waals surface area contributed by atoms with Crippen LogP contribution in [0.25, 0.3) is 11.1 Å². The first-order valence-corrected chi connectivity index (χ1v) is 8.43.